The van der Waals surface area contributed by atoms with Crippen molar-refractivity contribution in [2.24, 2.45) is 0 Å². The van der Waals surface area contributed by atoms with E-state index >= 15 is 0 Å². The molecule has 1 heterocycles. The number of nitrogens with zero attached hydrogens (tertiary/aromatic N) is 1. The first-order valence-corrected chi connectivity index (χ1v) is 6.19. The number of nitrogen functional groups attached to an aromatic ring is 1. The molecule has 0 saturated heterocycles. The summed E-state index contributed by atoms with van der Waals surface area (Å²) in [6.07, 6.45) is 2.06. The van der Waals surface area contributed by atoms with Crippen molar-refractivity contribution in [2.45, 2.75) is 6.54 Å². The van der Waals surface area contributed by atoms with Gasteiger partial charge in [0, 0.05) is 23.8 Å². The summed E-state index contributed by atoms with van der Waals surface area (Å²) in [6.45, 7) is 0.799. The second-order valence-corrected chi connectivity index (χ2v) is 4.77. The Bertz CT molecular complexity index is 683. The molecule has 0 fully saturated rings. The molecule has 2 nitrogen and oxygen atoms in total. The van der Waals surface area contributed by atoms with Crippen LogP contribution in [0.3, 0.4) is 0 Å². The van der Waals surface area contributed by atoms with Gasteiger partial charge in [-0.1, -0.05) is 35.9 Å². The van der Waals surface area contributed by atoms with Crippen LogP contribution >= 0.6 is 11.6 Å². The van der Waals surface area contributed by atoms with Crippen molar-refractivity contribution >= 4 is 28.2 Å². The van der Waals surface area contributed by atoms with Gasteiger partial charge in [-0.2, -0.15) is 0 Å². The maximum absolute atomic E-state index is 6.25. The highest BCUT2D eigenvalue weighted by Crippen LogP contribution is 2.25. The van der Waals surface area contributed by atoms with Crippen molar-refractivity contribution in [2.75, 3.05) is 5.73 Å². The van der Waals surface area contributed by atoms with E-state index in [2.05, 4.69) is 22.9 Å². The molecule has 2 aromatic carbocycles. The lowest BCUT2D eigenvalue weighted by molar-refractivity contribution is 0.837. The van der Waals surface area contributed by atoms with E-state index in [1.54, 1.807) is 0 Å². The fraction of sp³-hybridized carbons (Fsp3) is 0.0667. The van der Waals surface area contributed by atoms with Gasteiger partial charge in [0.2, 0.25) is 0 Å². The van der Waals surface area contributed by atoms with Crippen LogP contribution in [0, 0.1) is 0 Å². The summed E-state index contributed by atoms with van der Waals surface area (Å²) >= 11 is 6.25. The summed E-state index contributed by atoms with van der Waals surface area (Å²) in [6, 6.07) is 16.0. The Morgan fingerprint density at radius 3 is 2.56 bits per heavy atom. The lowest BCUT2D eigenvalue weighted by atomic mass is 10.2. The van der Waals surface area contributed by atoms with E-state index in [1.807, 2.05) is 36.4 Å². The third-order valence-corrected chi connectivity index (χ3v) is 3.38. The monoisotopic (exact) mass is 256 g/mol. The number of anilines is 1. The fourth-order valence-electron chi connectivity index (χ4n) is 2.17. The van der Waals surface area contributed by atoms with Crippen LogP contribution in [0.1, 0.15) is 5.56 Å². The lowest BCUT2D eigenvalue weighted by Gasteiger charge is -2.07. The molecule has 0 aliphatic rings. The van der Waals surface area contributed by atoms with Gasteiger partial charge in [-0.05, 0) is 29.8 Å². The van der Waals surface area contributed by atoms with Crippen LogP contribution in [-0.2, 0) is 6.54 Å². The van der Waals surface area contributed by atoms with Gasteiger partial charge in [-0.15, -0.1) is 0 Å². The second kappa shape index (κ2) is 4.39. The van der Waals surface area contributed by atoms with Crippen LogP contribution in [-0.4, -0.2) is 4.57 Å². The Morgan fingerprint density at radius 1 is 1.00 bits per heavy atom. The van der Waals surface area contributed by atoms with Crippen molar-refractivity contribution in [1.82, 2.24) is 4.57 Å². The number of rotatable bonds is 2. The van der Waals surface area contributed by atoms with Crippen LogP contribution in [0.25, 0.3) is 10.9 Å². The Hall–Kier alpha value is -1.93. The quantitative estimate of drug-likeness (QED) is 0.692. The minimum atomic E-state index is 0.785. The number of benzene rings is 2. The van der Waals surface area contributed by atoms with E-state index in [1.165, 1.54) is 5.56 Å². The molecule has 0 bridgehead atoms. The largest absolute Gasteiger partial charge is 0.399 e. The SMILES string of the molecule is Nc1ccc(Cn2ccc3cccc(Cl)c32)cc1. The summed E-state index contributed by atoms with van der Waals surface area (Å²) in [5.74, 6) is 0. The standard InChI is InChI=1S/C15H13ClN2/c16-14-3-1-2-12-8-9-18(15(12)14)10-11-4-6-13(17)7-5-11/h1-9H,10,17H2. The van der Waals surface area contributed by atoms with Gasteiger partial charge in [0.15, 0.2) is 0 Å². The van der Waals surface area contributed by atoms with Gasteiger partial charge in [0.1, 0.15) is 0 Å². The first-order chi connectivity index (χ1) is 8.74. The summed E-state index contributed by atoms with van der Waals surface area (Å²) in [4.78, 5) is 0. The molecule has 3 rings (SSSR count). The maximum Gasteiger partial charge on any atom is 0.0672 e. The Balaban J connectivity index is 2.02. The maximum atomic E-state index is 6.25. The van der Waals surface area contributed by atoms with Crippen molar-refractivity contribution in [3.05, 3.63) is 65.3 Å². The van der Waals surface area contributed by atoms with Crippen molar-refractivity contribution in [1.29, 1.82) is 0 Å². The predicted octanol–water partition coefficient (Wildman–Crippen LogP) is 3.93. The van der Waals surface area contributed by atoms with E-state index in [4.69, 9.17) is 17.3 Å². The topological polar surface area (TPSA) is 30.9 Å². The zero-order chi connectivity index (χ0) is 12.5. The van der Waals surface area contributed by atoms with Crippen LogP contribution in [0.2, 0.25) is 5.02 Å². The molecular formula is C15H13ClN2. The van der Waals surface area contributed by atoms with Crippen LogP contribution in [0.5, 0.6) is 0 Å². The molecule has 0 aliphatic heterocycles. The zero-order valence-corrected chi connectivity index (χ0v) is 10.6. The molecule has 2 N–H and O–H groups in total. The highest BCUT2D eigenvalue weighted by molar-refractivity contribution is 6.35. The van der Waals surface area contributed by atoms with Gasteiger partial charge in [-0.3, -0.25) is 0 Å². The smallest absolute Gasteiger partial charge is 0.0672 e. The first-order valence-electron chi connectivity index (χ1n) is 5.82. The van der Waals surface area contributed by atoms with E-state index in [9.17, 15) is 0 Å². The summed E-state index contributed by atoms with van der Waals surface area (Å²) in [5.41, 5.74) is 8.76. The van der Waals surface area contributed by atoms with Crippen molar-refractivity contribution in [3.8, 4) is 0 Å². The second-order valence-electron chi connectivity index (χ2n) is 4.36. The van der Waals surface area contributed by atoms with Gasteiger partial charge >= 0.3 is 0 Å². The van der Waals surface area contributed by atoms with E-state index in [0.717, 1.165) is 28.2 Å². The normalized spacial score (nSPS) is 10.9. The third kappa shape index (κ3) is 1.95. The highest BCUT2D eigenvalue weighted by atomic mass is 35.5. The third-order valence-electron chi connectivity index (χ3n) is 3.07. The molecule has 0 atom stereocenters. The van der Waals surface area contributed by atoms with Crippen molar-refractivity contribution in [3.63, 3.8) is 0 Å². The summed E-state index contributed by atoms with van der Waals surface area (Å²) < 4.78 is 2.16. The average Bonchev–Trinajstić information content (AvgIpc) is 2.77. The molecule has 0 saturated carbocycles. The van der Waals surface area contributed by atoms with Crippen LogP contribution < -0.4 is 5.73 Å². The highest BCUT2D eigenvalue weighted by Gasteiger charge is 2.05. The fourth-order valence-corrected chi connectivity index (χ4v) is 2.46. The van der Waals surface area contributed by atoms with Crippen molar-refractivity contribution < 1.29 is 0 Å². The number of hydrogen-bond donors (Lipinski definition) is 1. The molecule has 0 unspecified atom stereocenters. The lowest BCUT2D eigenvalue weighted by Crippen LogP contribution is -1.98. The molecule has 0 radical (unpaired) electrons. The summed E-state index contributed by atoms with van der Waals surface area (Å²) in [7, 11) is 0. The number of fused-ring (bicyclic) bond motifs is 1. The van der Waals surface area contributed by atoms with Crippen LogP contribution in [0.15, 0.2) is 54.7 Å². The van der Waals surface area contributed by atoms with Crippen LogP contribution in [0.4, 0.5) is 5.69 Å². The molecule has 1 aromatic heterocycles. The van der Waals surface area contributed by atoms with E-state index < -0.39 is 0 Å². The minimum Gasteiger partial charge on any atom is -0.399 e. The zero-order valence-electron chi connectivity index (χ0n) is 9.81. The number of nitrogens with two attached hydrogens (primary N) is 1. The first kappa shape index (κ1) is 11.2. The number of para-hydroxylation sites is 1. The molecule has 3 aromatic rings. The molecular weight excluding hydrogens is 244 g/mol. The van der Waals surface area contributed by atoms with E-state index in [-0.39, 0.29) is 0 Å². The summed E-state index contributed by atoms with van der Waals surface area (Å²) in [5, 5.41) is 1.95. The van der Waals surface area contributed by atoms with Gasteiger partial charge in [-0.25, -0.2) is 0 Å². The van der Waals surface area contributed by atoms with E-state index in [0.29, 0.717) is 0 Å². The molecule has 0 spiro atoms. The molecule has 0 amide bonds. The molecule has 3 heteroatoms. The molecule has 90 valence electrons. The molecule has 18 heavy (non-hydrogen) atoms. The Morgan fingerprint density at radius 2 is 1.78 bits per heavy atom. The number of halogens is 1. The number of hydrogen-bond acceptors (Lipinski definition) is 1. The van der Waals surface area contributed by atoms with Gasteiger partial charge in [0.05, 0.1) is 10.5 Å². The minimum absolute atomic E-state index is 0.785. The Kier molecular flexibility index (Phi) is 2.73. The Labute approximate surface area is 111 Å². The molecule has 0 aliphatic carbocycles. The number of aromatic nitrogens is 1. The van der Waals surface area contributed by atoms with Gasteiger partial charge < -0.3 is 10.3 Å². The van der Waals surface area contributed by atoms with Gasteiger partial charge in [0.25, 0.3) is 0 Å². The predicted molar refractivity (Wildman–Crippen MR) is 76.9 cm³/mol. The average molecular weight is 257 g/mol.